The fourth-order valence-corrected chi connectivity index (χ4v) is 2.53. The smallest absolute Gasteiger partial charge is 0.335 e. The molecule has 1 rings (SSSR count). The zero-order chi connectivity index (χ0) is 14.1. The van der Waals surface area contributed by atoms with Crippen LogP contribution >= 0.6 is 11.8 Å². The molecule has 0 aliphatic rings. The zero-order valence-electron chi connectivity index (χ0n) is 10.7. The van der Waals surface area contributed by atoms with Crippen LogP contribution in [0.5, 0.6) is 0 Å². The Kier molecular flexibility index (Phi) is 4.01. The molecule has 18 heavy (non-hydrogen) atoms. The van der Waals surface area contributed by atoms with Crippen molar-refractivity contribution in [2.75, 3.05) is 0 Å². The molecule has 0 aliphatic carbocycles. The number of carboxylic acids is 1. The Morgan fingerprint density at radius 2 is 1.94 bits per heavy atom. The SMILES string of the molecule is Cc1c(SC(C)(C)C)cc(C(=O)O)cc1[N+](=O)[O-]. The molecule has 0 fully saturated rings. The van der Waals surface area contributed by atoms with E-state index in [1.54, 1.807) is 6.92 Å². The monoisotopic (exact) mass is 269 g/mol. The lowest BCUT2D eigenvalue weighted by Gasteiger charge is -2.19. The molecule has 0 spiro atoms. The van der Waals surface area contributed by atoms with E-state index in [1.165, 1.54) is 17.8 Å². The first-order valence-corrected chi connectivity index (χ1v) is 6.15. The van der Waals surface area contributed by atoms with Crippen molar-refractivity contribution in [1.29, 1.82) is 0 Å². The van der Waals surface area contributed by atoms with Gasteiger partial charge < -0.3 is 5.11 Å². The minimum atomic E-state index is -1.16. The number of nitrogens with zero attached hydrogens (tertiary/aromatic N) is 1. The second-order valence-electron chi connectivity index (χ2n) is 4.90. The molecule has 0 atom stereocenters. The summed E-state index contributed by atoms with van der Waals surface area (Å²) in [5.74, 6) is -1.16. The summed E-state index contributed by atoms with van der Waals surface area (Å²) in [6.45, 7) is 7.54. The van der Waals surface area contributed by atoms with Crippen molar-refractivity contribution in [3.8, 4) is 0 Å². The van der Waals surface area contributed by atoms with Crippen LogP contribution in [0.3, 0.4) is 0 Å². The Morgan fingerprint density at radius 1 is 1.39 bits per heavy atom. The number of thioether (sulfide) groups is 1. The third kappa shape index (κ3) is 3.46. The number of nitro groups is 1. The van der Waals surface area contributed by atoms with Gasteiger partial charge in [0, 0.05) is 21.3 Å². The molecule has 0 aromatic heterocycles. The molecule has 1 aromatic rings. The van der Waals surface area contributed by atoms with Gasteiger partial charge in [0.05, 0.1) is 10.5 Å². The van der Waals surface area contributed by atoms with Crippen molar-refractivity contribution in [3.05, 3.63) is 33.4 Å². The van der Waals surface area contributed by atoms with E-state index in [4.69, 9.17) is 5.11 Å². The summed E-state index contributed by atoms with van der Waals surface area (Å²) in [5.41, 5.74) is 0.297. The average Bonchev–Trinajstić information content (AvgIpc) is 2.18. The van der Waals surface area contributed by atoms with Gasteiger partial charge in [0.2, 0.25) is 0 Å². The van der Waals surface area contributed by atoms with E-state index in [2.05, 4.69) is 0 Å². The molecule has 1 aromatic carbocycles. The number of hydrogen-bond donors (Lipinski definition) is 1. The van der Waals surface area contributed by atoms with Crippen molar-refractivity contribution in [2.45, 2.75) is 37.3 Å². The third-order valence-electron chi connectivity index (χ3n) is 2.19. The molecule has 0 amide bonds. The molecule has 0 bridgehead atoms. The van der Waals surface area contributed by atoms with Crippen LogP contribution in [0.4, 0.5) is 5.69 Å². The van der Waals surface area contributed by atoms with Crippen LogP contribution in [0.15, 0.2) is 17.0 Å². The van der Waals surface area contributed by atoms with E-state index >= 15 is 0 Å². The highest BCUT2D eigenvalue weighted by atomic mass is 32.2. The molecule has 0 saturated heterocycles. The van der Waals surface area contributed by atoms with E-state index < -0.39 is 10.9 Å². The van der Waals surface area contributed by atoms with Crippen LogP contribution in [0.1, 0.15) is 36.7 Å². The summed E-state index contributed by atoms with van der Waals surface area (Å²) in [6.07, 6.45) is 0. The van der Waals surface area contributed by atoms with Gasteiger partial charge in [-0.15, -0.1) is 11.8 Å². The average molecular weight is 269 g/mol. The number of carboxylic acid groups (broad SMARTS) is 1. The molecule has 0 aliphatic heterocycles. The Balaban J connectivity index is 3.40. The lowest BCUT2D eigenvalue weighted by atomic mass is 10.1. The highest BCUT2D eigenvalue weighted by Gasteiger charge is 2.22. The summed E-state index contributed by atoms with van der Waals surface area (Å²) in [5, 5.41) is 19.9. The van der Waals surface area contributed by atoms with Gasteiger partial charge in [-0.25, -0.2) is 4.79 Å². The van der Waals surface area contributed by atoms with Crippen molar-refractivity contribution in [2.24, 2.45) is 0 Å². The topological polar surface area (TPSA) is 80.4 Å². The Hall–Kier alpha value is -1.56. The molecule has 5 nitrogen and oxygen atoms in total. The minimum Gasteiger partial charge on any atom is -0.478 e. The van der Waals surface area contributed by atoms with Crippen LogP contribution in [0.25, 0.3) is 0 Å². The molecule has 6 heteroatoms. The van der Waals surface area contributed by atoms with Gasteiger partial charge in [-0.2, -0.15) is 0 Å². The first kappa shape index (κ1) is 14.5. The number of carbonyl (C=O) groups is 1. The molecule has 0 radical (unpaired) electrons. The predicted octanol–water partition coefficient (Wildman–Crippen LogP) is 3.49. The first-order chi connectivity index (χ1) is 8.11. The maximum atomic E-state index is 11.0. The van der Waals surface area contributed by atoms with E-state index in [9.17, 15) is 14.9 Å². The second kappa shape index (κ2) is 4.97. The maximum Gasteiger partial charge on any atom is 0.335 e. The van der Waals surface area contributed by atoms with Gasteiger partial charge in [-0.1, -0.05) is 20.8 Å². The number of rotatable bonds is 3. The standard InChI is InChI=1S/C12H15NO4S/c1-7-9(13(16)17)5-8(11(14)15)6-10(7)18-12(2,3)4/h5-6H,1-4H3,(H,14,15). The summed E-state index contributed by atoms with van der Waals surface area (Å²) in [6, 6.07) is 2.59. The summed E-state index contributed by atoms with van der Waals surface area (Å²) in [7, 11) is 0. The van der Waals surface area contributed by atoms with Gasteiger partial charge in [-0.05, 0) is 13.0 Å². The molecule has 0 unspecified atom stereocenters. The molecule has 0 saturated carbocycles. The van der Waals surface area contributed by atoms with Crippen molar-refractivity contribution in [1.82, 2.24) is 0 Å². The fraction of sp³-hybridized carbons (Fsp3) is 0.417. The van der Waals surface area contributed by atoms with Gasteiger partial charge in [0.25, 0.3) is 5.69 Å². The van der Waals surface area contributed by atoms with Crippen molar-refractivity contribution in [3.63, 3.8) is 0 Å². The Morgan fingerprint density at radius 3 is 2.33 bits per heavy atom. The lowest BCUT2D eigenvalue weighted by molar-refractivity contribution is -0.385. The van der Waals surface area contributed by atoms with Crippen LogP contribution in [-0.4, -0.2) is 20.7 Å². The number of hydrogen-bond acceptors (Lipinski definition) is 4. The fourth-order valence-electron chi connectivity index (χ4n) is 1.42. The minimum absolute atomic E-state index is 0.0564. The predicted molar refractivity (Wildman–Crippen MR) is 70.4 cm³/mol. The molecular formula is C12H15NO4S. The van der Waals surface area contributed by atoms with E-state index in [0.717, 1.165) is 6.07 Å². The molecule has 1 N–H and O–H groups in total. The Labute approximate surface area is 109 Å². The van der Waals surface area contributed by atoms with Gasteiger partial charge >= 0.3 is 5.97 Å². The highest BCUT2D eigenvalue weighted by Crippen LogP contribution is 2.37. The van der Waals surface area contributed by atoms with Crippen LogP contribution in [0, 0.1) is 17.0 Å². The number of aromatic carboxylic acids is 1. The molecule has 0 heterocycles. The van der Waals surface area contributed by atoms with Crippen molar-refractivity contribution < 1.29 is 14.8 Å². The number of nitro benzene ring substituents is 1. The van der Waals surface area contributed by atoms with Gasteiger partial charge in [0.1, 0.15) is 0 Å². The lowest BCUT2D eigenvalue weighted by Crippen LogP contribution is -2.09. The maximum absolute atomic E-state index is 11.0. The summed E-state index contributed by atoms with van der Waals surface area (Å²) < 4.78 is -0.143. The van der Waals surface area contributed by atoms with Crippen molar-refractivity contribution >= 4 is 23.4 Å². The van der Waals surface area contributed by atoms with E-state index in [0.29, 0.717) is 10.5 Å². The Bertz CT molecular complexity index is 506. The van der Waals surface area contributed by atoms with E-state index in [1.807, 2.05) is 20.8 Å². The third-order valence-corrected chi connectivity index (χ3v) is 3.45. The second-order valence-corrected chi connectivity index (χ2v) is 6.76. The highest BCUT2D eigenvalue weighted by molar-refractivity contribution is 8.00. The first-order valence-electron chi connectivity index (χ1n) is 5.33. The molecular weight excluding hydrogens is 254 g/mol. The zero-order valence-corrected chi connectivity index (χ0v) is 11.5. The largest absolute Gasteiger partial charge is 0.478 e. The van der Waals surface area contributed by atoms with Crippen LogP contribution < -0.4 is 0 Å². The van der Waals surface area contributed by atoms with E-state index in [-0.39, 0.29) is 16.0 Å². The van der Waals surface area contributed by atoms with Gasteiger partial charge in [-0.3, -0.25) is 10.1 Å². The molecule has 98 valence electrons. The van der Waals surface area contributed by atoms with Crippen LogP contribution in [-0.2, 0) is 0 Å². The summed E-state index contributed by atoms with van der Waals surface area (Å²) in [4.78, 5) is 22.0. The normalized spacial score (nSPS) is 11.3. The number of benzene rings is 1. The quantitative estimate of drug-likeness (QED) is 0.516. The summed E-state index contributed by atoms with van der Waals surface area (Å²) >= 11 is 1.42. The van der Waals surface area contributed by atoms with Crippen LogP contribution in [0.2, 0.25) is 0 Å². The van der Waals surface area contributed by atoms with Gasteiger partial charge in [0.15, 0.2) is 0 Å².